The lowest BCUT2D eigenvalue weighted by Crippen LogP contribution is -2.15. The molecule has 222 valence electrons. The van der Waals surface area contributed by atoms with E-state index in [0.717, 1.165) is 22.1 Å². The highest BCUT2D eigenvalue weighted by Crippen LogP contribution is 2.51. The molecule has 7 aromatic carbocycles. The van der Waals surface area contributed by atoms with Crippen LogP contribution in [0.2, 0.25) is 0 Å². The monoisotopic (exact) mass is 601 g/mol. The lowest BCUT2D eigenvalue weighted by molar-refractivity contribution is 0.666. The largest absolute Gasteiger partial charge is 0.208 e. The molecule has 0 saturated carbocycles. The molecule has 0 radical (unpaired) electrons. The van der Waals surface area contributed by atoms with Gasteiger partial charge < -0.3 is 0 Å². The minimum atomic E-state index is -0.0525. The first-order valence-corrected chi connectivity index (χ1v) is 16.1. The number of fused-ring (bicyclic) bond motifs is 6. The fraction of sp³-hybridized carbons (Fsp3) is 0.0682. The Morgan fingerprint density at radius 2 is 0.936 bits per heavy atom. The van der Waals surface area contributed by atoms with E-state index in [4.69, 9.17) is 15.0 Å². The molecular formula is C44H31N3. The van der Waals surface area contributed by atoms with E-state index < -0.39 is 0 Å². The van der Waals surface area contributed by atoms with Crippen molar-refractivity contribution in [3.63, 3.8) is 0 Å². The van der Waals surface area contributed by atoms with Crippen molar-refractivity contribution >= 4 is 21.5 Å². The van der Waals surface area contributed by atoms with Crippen molar-refractivity contribution in [3.05, 3.63) is 163 Å². The summed E-state index contributed by atoms with van der Waals surface area (Å²) in [7, 11) is 0. The Morgan fingerprint density at radius 1 is 0.383 bits per heavy atom. The normalized spacial score (nSPS) is 13.1. The number of benzene rings is 7. The topological polar surface area (TPSA) is 38.7 Å². The third kappa shape index (κ3) is 4.39. The molecule has 0 saturated heterocycles. The van der Waals surface area contributed by atoms with Gasteiger partial charge in [-0.25, -0.2) is 15.0 Å². The number of nitrogens with zero attached hydrogens (tertiary/aromatic N) is 3. The zero-order chi connectivity index (χ0) is 31.5. The lowest BCUT2D eigenvalue weighted by Gasteiger charge is -2.23. The summed E-state index contributed by atoms with van der Waals surface area (Å²) in [5.41, 5.74) is 10.8. The predicted molar refractivity (Wildman–Crippen MR) is 194 cm³/mol. The van der Waals surface area contributed by atoms with Crippen molar-refractivity contribution in [3.8, 4) is 56.4 Å². The zero-order valence-corrected chi connectivity index (χ0v) is 26.3. The van der Waals surface area contributed by atoms with Gasteiger partial charge in [-0.2, -0.15) is 0 Å². The zero-order valence-electron chi connectivity index (χ0n) is 26.3. The Balaban J connectivity index is 1.20. The molecule has 0 amide bonds. The van der Waals surface area contributed by atoms with Crippen LogP contribution in [0.25, 0.3) is 78.0 Å². The van der Waals surface area contributed by atoms with Crippen molar-refractivity contribution < 1.29 is 0 Å². The molecule has 8 aromatic rings. The highest BCUT2D eigenvalue weighted by molar-refractivity contribution is 6.06. The van der Waals surface area contributed by atoms with E-state index >= 15 is 0 Å². The van der Waals surface area contributed by atoms with Crippen molar-refractivity contribution in [2.75, 3.05) is 0 Å². The fourth-order valence-corrected chi connectivity index (χ4v) is 7.47. The molecule has 1 aromatic heterocycles. The Bertz CT molecular complexity index is 2420. The van der Waals surface area contributed by atoms with Gasteiger partial charge in [-0.1, -0.05) is 153 Å². The summed E-state index contributed by atoms with van der Waals surface area (Å²) in [4.78, 5) is 15.0. The van der Waals surface area contributed by atoms with Crippen LogP contribution in [0.4, 0.5) is 0 Å². The summed E-state index contributed by atoms with van der Waals surface area (Å²) in [6, 6.07) is 53.6. The maximum Gasteiger partial charge on any atom is 0.164 e. The first-order valence-electron chi connectivity index (χ1n) is 16.1. The quantitative estimate of drug-likeness (QED) is 0.201. The number of hydrogen-bond donors (Lipinski definition) is 0. The van der Waals surface area contributed by atoms with Gasteiger partial charge in [-0.05, 0) is 67.1 Å². The summed E-state index contributed by atoms with van der Waals surface area (Å²) < 4.78 is 0. The van der Waals surface area contributed by atoms with Crippen LogP contribution in [-0.4, -0.2) is 15.0 Å². The van der Waals surface area contributed by atoms with Gasteiger partial charge in [0, 0.05) is 22.1 Å². The molecule has 3 heteroatoms. The molecule has 3 nitrogen and oxygen atoms in total. The number of aromatic nitrogens is 3. The Morgan fingerprint density at radius 3 is 1.64 bits per heavy atom. The average Bonchev–Trinajstić information content (AvgIpc) is 3.37. The van der Waals surface area contributed by atoms with Gasteiger partial charge in [-0.3, -0.25) is 0 Å². The van der Waals surface area contributed by atoms with Crippen molar-refractivity contribution in [1.29, 1.82) is 0 Å². The highest BCUT2D eigenvalue weighted by Gasteiger charge is 2.36. The smallest absolute Gasteiger partial charge is 0.164 e. The molecule has 1 aliphatic carbocycles. The third-order valence-corrected chi connectivity index (χ3v) is 9.71. The van der Waals surface area contributed by atoms with Gasteiger partial charge in [-0.15, -0.1) is 0 Å². The second-order valence-corrected chi connectivity index (χ2v) is 12.8. The second-order valence-electron chi connectivity index (χ2n) is 12.8. The molecule has 0 aliphatic heterocycles. The van der Waals surface area contributed by atoms with E-state index in [1.807, 2.05) is 60.7 Å². The van der Waals surface area contributed by atoms with Gasteiger partial charge in [0.25, 0.3) is 0 Å². The maximum atomic E-state index is 5.03. The summed E-state index contributed by atoms with van der Waals surface area (Å²) in [6.07, 6.45) is 0. The van der Waals surface area contributed by atoms with Crippen LogP contribution >= 0.6 is 0 Å². The fourth-order valence-electron chi connectivity index (χ4n) is 7.47. The average molecular weight is 602 g/mol. The van der Waals surface area contributed by atoms with E-state index in [1.54, 1.807) is 0 Å². The number of hydrogen-bond acceptors (Lipinski definition) is 3. The molecule has 47 heavy (non-hydrogen) atoms. The van der Waals surface area contributed by atoms with Crippen LogP contribution in [0.15, 0.2) is 152 Å². The van der Waals surface area contributed by atoms with Crippen LogP contribution in [0.1, 0.15) is 25.0 Å². The molecule has 9 rings (SSSR count). The van der Waals surface area contributed by atoms with Crippen molar-refractivity contribution in [2.45, 2.75) is 19.3 Å². The van der Waals surface area contributed by atoms with Crippen molar-refractivity contribution in [1.82, 2.24) is 15.0 Å². The summed E-state index contributed by atoms with van der Waals surface area (Å²) in [5, 5.41) is 4.86. The summed E-state index contributed by atoms with van der Waals surface area (Å²) in [6.45, 7) is 4.70. The van der Waals surface area contributed by atoms with Gasteiger partial charge in [0.15, 0.2) is 17.5 Å². The van der Waals surface area contributed by atoms with Gasteiger partial charge in [0.1, 0.15) is 0 Å². The molecule has 0 bridgehead atoms. The van der Waals surface area contributed by atoms with Gasteiger partial charge >= 0.3 is 0 Å². The first kappa shape index (κ1) is 27.4. The van der Waals surface area contributed by atoms with Crippen LogP contribution in [-0.2, 0) is 5.41 Å². The molecular weight excluding hydrogens is 571 g/mol. The molecule has 1 heterocycles. The van der Waals surface area contributed by atoms with Crippen LogP contribution in [0.5, 0.6) is 0 Å². The van der Waals surface area contributed by atoms with E-state index in [9.17, 15) is 0 Å². The molecule has 0 unspecified atom stereocenters. The summed E-state index contributed by atoms with van der Waals surface area (Å²) >= 11 is 0. The van der Waals surface area contributed by atoms with Crippen LogP contribution in [0.3, 0.4) is 0 Å². The Labute approximate surface area is 274 Å². The third-order valence-electron chi connectivity index (χ3n) is 9.71. The van der Waals surface area contributed by atoms with Crippen LogP contribution in [0, 0.1) is 0 Å². The minimum Gasteiger partial charge on any atom is -0.208 e. The lowest BCUT2D eigenvalue weighted by atomic mass is 9.80. The first-order chi connectivity index (χ1) is 23.1. The SMILES string of the molecule is CC1(C)c2ccccc2-c2ccc3cc(-c4ccc(-c5nc(-c6ccccc6)nc(-c6ccccc6)n5)c5ccccc45)ccc3c21. The molecule has 0 spiro atoms. The summed E-state index contributed by atoms with van der Waals surface area (Å²) in [5.74, 6) is 1.99. The Hall–Kier alpha value is -5.93. The molecule has 0 atom stereocenters. The predicted octanol–water partition coefficient (Wildman–Crippen LogP) is 11.2. The maximum absolute atomic E-state index is 5.03. The minimum absolute atomic E-state index is 0.0525. The van der Waals surface area contributed by atoms with E-state index in [1.165, 1.54) is 49.5 Å². The molecule has 1 aliphatic rings. The molecule has 0 fully saturated rings. The van der Waals surface area contributed by atoms with Gasteiger partial charge in [0.05, 0.1) is 0 Å². The van der Waals surface area contributed by atoms with Gasteiger partial charge in [0.2, 0.25) is 0 Å². The standard InChI is InChI=1S/C44H31N3/c1-44(2)39-20-12-11-19-36(39)37-24-22-31-27-30(21-23-33(31)40(37)44)32-25-26-38(35-18-10-9-17-34(32)35)43-46-41(28-13-5-3-6-14-28)45-42(47-43)29-15-7-4-8-16-29/h3-27H,1-2H3. The second kappa shape index (κ2) is 10.6. The molecule has 0 N–H and O–H groups in total. The Kier molecular flexibility index (Phi) is 6.16. The van der Waals surface area contributed by atoms with E-state index in [0.29, 0.717) is 17.5 Å². The van der Waals surface area contributed by atoms with E-state index in [-0.39, 0.29) is 5.41 Å². The highest BCUT2D eigenvalue weighted by atomic mass is 15.0. The van der Waals surface area contributed by atoms with Crippen molar-refractivity contribution in [2.24, 2.45) is 0 Å². The number of rotatable bonds is 4. The van der Waals surface area contributed by atoms with E-state index in [2.05, 4.69) is 105 Å². The van der Waals surface area contributed by atoms with Crippen LogP contribution < -0.4 is 0 Å².